The molecule has 7 nitrogen and oxygen atoms in total. The lowest BCUT2D eigenvalue weighted by Crippen LogP contribution is -2.42. The van der Waals surface area contributed by atoms with Crippen molar-refractivity contribution in [1.29, 1.82) is 0 Å². The molecule has 0 aliphatic heterocycles. The standard InChI is InChI=1S/C18H15FN4O3S/c1-11-4-2-3-5-14(11)16(25)21-20-15(24)10-27-18-23-22-17(26-18)12-6-8-13(19)9-7-12/h2-9H,10H2,1H3,(H,20,24)(H,21,25). The van der Waals surface area contributed by atoms with E-state index in [1.165, 1.54) is 24.3 Å². The zero-order valence-corrected chi connectivity index (χ0v) is 15.0. The molecule has 0 atom stereocenters. The smallest absolute Gasteiger partial charge is 0.277 e. The van der Waals surface area contributed by atoms with E-state index in [0.717, 1.165) is 17.3 Å². The molecule has 2 amide bonds. The Morgan fingerprint density at radius 1 is 1.07 bits per heavy atom. The van der Waals surface area contributed by atoms with Crippen molar-refractivity contribution < 1.29 is 18.4 Å². The summed E-state index contributed by atoms with van der Waals surface area (Å²) in [5.41, 5.74) is 6.55. The maximum Gasteiger partial charge on any atom is 0.277 e. The summed E-state index contributed by atoms with van der Waals surface area (Å²) in [7, 11) is 0. The van der Waals surface area contributed by atoms with Gasteiger partial charge in [-0.25, -0.2) is 4.39 Å². The Balaban J connectivity index is 1.49. The quantitative estimate of drug-likeness (QED) is 0.517. The molecule has 1 aromatic heterocycles. The van der Waals surface area contributed by atoms with Crippen LogP contribution in [0.3, 0.4) is 0 Å². The van der Waals surface area contributed by atoms with Gasteiger partial charge in [0.25, 0.3) is 11.1 Å². The Hall–Kier alpha value is -3.20. The largest absolute Gasteiger partial charge is 0.411 e. The highest BCUT2D eigenvalue weighted by molar-refractivity contribution is 7.99. The van der Waals surface area contributed by atoms with Crippen molar-refractivity contribution >= 4 is 23.6 Å². The third-order valence-corrected chi connectivity index (χ3v) is 4.35. The van der Waals surface area contributed by atoms with Gasteiger partial charge in [-0.2, -0.15) is 0 Å². The third-order valence-electron chi connectivity index (χ3n) is 3.53. The van der Waals surface area contributed by atoms with Gasteiger partial charge in [0.15, 0.2) is 0 Å². The van der Waals surface area contributed by atoms with E-state index in [-0.39, 0.29) is 22.7 Å². The molecular formula is C18H15FN4O3S. The normalized spacial score (nSPS) is 10.4. The summed E-state index contributed by atoms with van der Waals surface area (Å²) in [6.07, 6.45) is 0. The molecule has 1 heterocycles. The van der Waals surface area contributed by atoms with Gasteiger partial charge in [-0.15, -0.1) is 10.2 Å². The van der Waals surface area contributed by atoms with E-state index >= 15 is 0 Å². The lowest BCUT2D eigenvalue weighted by atomic mass is 10.1. The number of halogens is 1. The number of hydrogen-bond donors (Lipinski definition) is 2. The highest BCUT2D eigenvalue weighted by atomic mass is 32.2. The topological polar surface area (TPSA) is 97.1 Å². The Morgan fingerprint density at radius 2 is 1.81 bits per heavy atom. The van der Waals surface area contributed by atoms with Crippen LogP contribution < -0.4 is 10.9 Å². The summed E-state index contributed by atoms with van der Waals surface area (Å²) < 4.78 is 18.4. The van der Waals surface area contributed by atoms with Gasteiger partial charge in [-0.05, 0) is 42.8 Å². The van der Waals surface area contributed by atoms with E-state index < -0.39 is 11.8 Å². The number of hydrogen-bond acceptors (Lipinski definition) is 6. The number of aromatic nitrogens is 2. The molecule has 0 fully saturated rings. The van der Waals surface area contributed by atoms with Crippen LogP contribution in [0.15, 0.2) is 58.2 Å². The van der Waals surface area contributed by atoms with Gasteiger partial charge >= 0.3 is 0 Å². The molecule has 3 rings (SSSR count). The van der Waals surface area contributed by atoms with E-state index in [1.807, 2.05) is 6.07 Å². The number of benzene rings is 2. The van der Waals surface area contributed by atoms with Crippen LogP contribution in [0.25, 0.3) is 11.5 Å². The van der Waals surface area contributed by atoms with Crippen molar-refractivity contribution in [1.82, 2.24) is 21.0 Å². The number of nitrogens with one attached hydrogen (secondary N) is 2. The molecule has 0 aliphatic rings. The first-order valence-corrected chi connectivity index (χ1v) is 8.88. The molecule has 2 aromatic carbocycles. The monoisotopic (exact) mass is 386 g/mol. The fourth-order valence-corrected chi connectivity index (χ4v) is 2.73. The van der Waals surface area contributed by atoms with Crippen LogP contribution in [-0.2, 0) is 4.79 Å². The second-order valence-electron chi connectivity index (χ2n) is 5.49. The molecule has 0 unspecified atom stereocenters. The number of carbonyl (C=O) groups is 2. The van der Waals surface area contributed by atoms with Gasteiger partial charge < -0.3 is 4.42 Å². The summed E-state index contributed by atoms with van der Waals surface area (Å²) in [5.74, 6) is -0.992. The Labute approximate surface area is 158 Å². The fraction of sp³-hybridized carbons (Fsp3) is 0.111. The van der Waals surface area contributed by atoms with Gasteiger partial charge in [-0.1, -0.05) is 30.0 Å². The second-order valence-corrected chi connectivity index (χ2v) is 6.41. The molecule has 138 valence electrons. The SMILES string of the molecule is Cc1ccccc1C(=O)NNC(=O)CSc1nnc(-c2ccc(F)cc2)o1. The van der Waals surface area contributed by atoms with Crippen LogP contribution in [0.2, 0.25) is 0 Å². The summed E-state index contributed by atoms with van der Waals surface area (Å²) in [5, 5.41) is 7.87. The average molecular weight is 386 g/mol. The molecule has 0 aliphatic carbocycles. The summed E-state index contributed by atoms with van der Waals surface area (Å²) in [6.45, 7) is 1.81. The summed E-state index contributed by atoms with van der Waals surface area (Å²) in [6, 6.07) is 12.7. The number of carbonyl (C=O) groups excluding carboxylic acids is 2. The lowest BCUT2D eigenvalue weighted by molar-refractivity contribution is -0.119. The zero-order chi connectivity index (χ0) is 19.2. The van der Waals surface area contributed by atoms with Crippen LogP contribution in [0.1, 0.15) is 15.9 Å². The third kappa shape index (κ3) is 4.91. The number of rotatable bonds is 5. The number of aryl methyl sites for hydroxylation is 1. The Kier molecular flexibility index (Phi) is 5.82. The number of thioether (sulfide) groups is 1. The fourth-order valence-electron chi connectivity index (χ4n) is 2.16. The highest BCUT2D eigenvalue weighted by Gasteiger charge is 2.13. The van der Waals surface area contributed by atoms with Gasteiger partial charge in [0.1, 0.15) is 5.82 Å². The van der Waals surface area contributed by atoms with E-state index in [2.05, 4.69) is 21.0 Å². The van der Waals surface area contributed by atoms with Gasteiger partial charge in [-0.3, -0.25) is 20.4 Å². The van der Waals surface area contributed by atoms with Crippen molar-refractivity contribution in [3.05, 3.63) is 65.5 Å². The first-order valence-electron chi connectivity index (χ1n) is 7.90. The minimum Gasteiger partial charge on any atom is -0.411 e. The molecule has 3 aromatic rings. The number of hydrazine groups is 1. The number of amides is 2. The zero-order valence-electron chi connectivity index (χ0n) is 14.2. The van der Waals surface area contributed by atoms with Crippen molar-refractivity contribution in [3.63, 3.8) is 0 Å². The summed E-state index contributed by atoms with van der Waals surface area (Å²) in [4.78, 5) is 23.9. The van der Waals surface area contributed by atoms with Gasteiger partial charge in [0.05, 0.1) is 5.75 Å². The van der Waals surface area contributed by atoms with Crippen LogP contribution in [0.5, 0.6) is 0 Å². The van der Waals surface area contributed by atoms with Gasteiger partial charge in [0, 0.05) is 11.1 Å². The van der Waals surface area contributed by atoms with Crippen molar-refractivity contribution in [2.45, 2.75) is 12.1 Å². The van der Waals surface area contributed by atoms with Crippen LogP contribution in [0, 0.1) is 12.7 Å². The molecule has 0 bridgehead atoms. The predicted molar refractivity (Wildman–Crippen MR) is 97.2 cm³/mol. The van der Waals surface area contributed by atoms with Crippen LogP contribution in [-0.4, -0.2) is 27.8 Å². The lowest BCUT2D eigenvalue weighted by Gasteiger charge is -2.08. The predicted octanol–water partition coefficient (Wildman–Crippen LogP) is 2.74. The maximum atomic E-state index is 12.9. The molecule has 0 radical (unpaired) electrons. The highest BCUT2D eigenvalue weighted by Crippen LogP contribution is 2.23. The minimum absolute atomic E-state index is 0.0287. The van der Waals surface area contributed by atoms with E-state index in [9.17, 15) is 14.0 Å². The van der Waals surface area contributed by atoms with E-state index in [0.29, 0.717) is 11.1 Å². The Morgan fingerprint density at radius 3 is 2.56 bits per heavy atom. The van der Waals surface area contributed by atoms with Crippen molar-refractivity contribution in [2.75, 3.05) is 5.75 Å². The molecule has 0 spiro atoms. The van der Waals surface area contributed by atoms with Crippen molar-refractivity contribution in [3.8, 4) is 11.5 Å². The van der Waals surface area contributed by atoms with Crippen LogP contribution >= 0.6 is 11.8 Å². The molecule has 0 saturated carbocycles. The molecule has 27 heavy (non-hydrogen) atoms. The number of nitrogens with zero attached hydrogens (tertiary/aromatic N) is 2. The molecule has 2 N–H and O–H groups in total. The van der Waals surface area contributed by atoms with Gasteiger partial charge in [0.2, 0.25) is 11.8 Å². The molecular weight excluding hydrogens is 371 g/mol. The van der Waals surface area contributed by atoms with E-state index in [1.54, 1.807) is 25.1 Å². The second kappa shape index (κ2) is 8.45. The maximum absolute atomic E-state index is 12.9. The average Bonchev–Trinajstić information content (AvgIpc) is 3.14. The van der Waals surface area contributed by atoms with Crippen LogP contribution in [0.4, 0.5) is 4.39 Å². The van der Waals surface area contributed by atoms with E-state index in [4.69, 9.17) is 4.42 Å². The first kappa shape index (κ1) is 18.6. The summed E-state index contributed by atoms with van der Waals surface area (Å²) >= 11 is 1.02. The molecule has 9 heteroatoms. The Bertz CT molecular complexity index is 959. The van der Waals surface area contributed by atoms with Crippen molar-refractivity contribution in [2.24, 2.45) is 0 Å². The first-order chi connectivity index (χ1) is 13.0. The minimum atomic E-state index is -0.427. The molecule has 0 saturated heterocycles.